The third-order valence-corrected chi connectivity index (χ3v) is 4.58. The summed E-state index contributed by atoms with van der Waals surface area (Å²) in [5.74, 6) is -0.373. The maximum absolute atomic E-state index is 12.1. The van der Waals surface area contributed by atoms with Crippen LogP contribution >= 0.6 is 0 Å². The van der Waals surface area contributed by atoms with Gasteiger partial charge in [0.15, 0.2) is 0 Å². The van der Waals surface area contributed by atoms with E-state index in [1.807, 2.05) is 6.92 Å². The van der Waals surface area contributed by atoms with Gasteiger partial charge in [0.25, 0.3) is 0 Å². The number of nitrogens with one attached hydrogen (secondary N) is 2. The first kappa shape index (κ1) is 17.6. The Balaban J connectivity index is 2.92. The second-order valence-electron chi connectivity index (χ2n) is 4.74. The fraction of sp³-hybridized carbons (Fsp3) is 0.500. The molecule has 0 aromatic heterocycles. The van der Waals surface area contributed by atoms with Gasteiger partial charge >= 0.3 is 0 Å². The molecule has 1 unspecified atom stereocenters. The number of benzene rings is 1. The first-order chi connectivity index (χ1) is 9.92. The Hall–Kier alpha value is -1.44. The smallest absolute Gasteiger partial charge is 0.242 e. The number of unbranched alkanes of at least 4 members (excludes halogenated alkanes) is 1. The lowest BCUT2D eigenvalue weighted by atomic mass is 10.1. The Morgan fingerprint density at radius 2 is 1.95 bits per heavy atom. The van der Waals surface area contributed by atoms with Crippen LogP contribution in [0.1, 0.15) is 33.1 Å². The minimum absolute atomic E-state index is 0.0443. The molecule has 1 rings (SSSR count). The molecule has 0 saturated carbocycles. The Morgan fingerprint density at radius 1 is 1.29 bits per heavy atom. The van der Waals surface area contributed by atoms with Gasteiger partial charge in [-0.15, -0.1) is 0 Å². The molecule has 0 aliphatic carbocycles. The van der Waals surface area contributed by atoms with Crippen molar-refractivity contribution < 1.29 is 13.2 Å². The van der Waals surface area contributed by atoms with E-state index in [4.69, 9.17) is 5.73 Å². The number of rotatable bonds is 8. The molecule has 0 radical (unpaired) electrons. The van der Waals surface area contributed by atoms with Gasteiger partial charge in [-0.2, -0.15) is 0 Å². The van der Waals surface area contributed by atoms with Crippen LogP contribution in [0.4, 0.5) is 5.69 Å². The summed E-state index contributed by atoms with van der Waals surface area (Å²) in [6.45, 7) is 3.99. The van der Waals surface area contributed by atoms with Crippen LogP contribution in [0, 0.1) is 0 Å². The van der Waals surface area contributed by atoms with E-state index < -0.39 is 16.1 Å². The highest BCUT2D eigenvalue weighted by Gasteiger charge is 2.20. The lowest BCUT2D eigenvalue weighted by molar-refractivity contribution is -0.117. The van der Waals surface area contributed by atoms with Gasteiger partial charge in [-0.25, -0.2) is 13.1 Å². The van der Waals surface area contributed by atoms with Gasteiger partial charge in [-0.05, 0) is 18.6 Å². The number of sulfonamides is 1. The minimum atomic E-state index is -3.63. The van der Waals surface area contributed by atoms with Crippen LogP contribution in [0.2, 0.25) is 0 Å². The molecular weight excluding hydrogens is 290 g/mol. The molecule has 1 amide bonds. The lowest BCUT2D eigenvalue weighted by Gasteiger charge is -2.15. The fourth-order valence-electron chi connectivity index (χ4n) is 1.85. The molecule has 0 heterocycles. The summed E-state index contributed by atoms with van der Waals surface area (Å²) in [7, 11) is -3.63. The molecular formula is C14H23N3O3S. The average molecular weight is 313 g/mol. The maximum Gasteiger partial charge on any atom is 0.242 e. The van der Waals surface area contributed by atoms with E-state index in [0.717, 1.165) is 12.8 Å². The first-order valence-electron chi connectivity index (χ1n) is 7.07. The molecule has 0 bridgehead atoms. The van der Waals surface area contributed by atoms with E-state index in [1.165, 1.54) is 6.07 Å². The van der Waals surface area contributed by atoms with E-state index in [1.54, 1.807) is 25.1 Å². The standard InChI is InChI=1S/C14H23N3O3S/c1-3-5-8-11(15)14(18)17-12-9-6-7-10-13(12)21(19,20)16-4-2/h6-7,9-11,16H,3-5,8,15H2,1-2H3,(H,17,18). The van der Waals surface area contributed by atoms with Crippen molar-refractivity contribution in [2.75, 3.05) is 11.9 Å². The number of hydrogen-bond donors (Lipinski definition) is 3. The summed E-state index contributed by atoms with van der Waals surface area (Å²) in [5, 5.41) is 2.60. The fourth-order valence-corrected chi connectivity index (χ4v) is 3.05. The molecule has 1 aromatic rings. The van der Waals surface area contributed by atoms with Crippen molar-refractivity contribution in [3.63, 3.8) is 0 Å². The third-order valence-electron chi connectivity index (χ3n) is 2.97. The zero-order valence-electron chi connectivity index (χ0n) is 12.4. The number of para-hydroxylation sites is 1. The van der Waals surface area contributed by atoms with Crippen molar-refractivity contribution in [1.82, 2.24) is 4.72 Å². The highest BCUT2D eigenvalue weighted by molar-refractivity contribution is 7.89. The van der Waals surface area contributed by atoms with E-state index >= 15 is 0 Å². The Bertz CT molecular complexity index is 573. The van der Waals surface area contributed by atoms with E-state index in [-0.39, 0.29) is 23.0 Å². The Morgan fingerprint density at radius 3 is 2.57 bits per heavy atom. The second kappa shape index (κ2) is 8.11. The zero-order chi connectivity index (χ0) is 15.9. The second-order valence-corrected chi connectivity index (χ2v) is 6.47. The SMILES string of the molecule is CCCCC(N)C(=O)Nc1ccccc1S(=O)(=O)NCC. The van der Waals surface area contributed by atoms with Crippen LogP contribution in [0.15, 0.2) is 29.2 Å². The average Bonchev–Trinajstić information content (AvgIpc) is 2.45. The Labute approximate surface area is 126 Å². The number of carbonyl (C=O) groups excluding carboxylic acids is 1. The van der Waals surface area contributed by atoms with Crippen LogP contribution in [0.3, 0.4) is 0 Å². The van der Waals surface area contributed by atoms with Gasteiger partial charge in [-0.1, -0.05) is 38.8 Å². The highest BCUT2D eigenvalue weighted by atomic mass is 32.2. The zero-order valence-corrected chi connectivity index (χ0v) is 13.2. The molecule has 0 aliphatic heterocycles. The molecule has 0 fully saturated rings. The molecule has 1 aromatic carbocycles. The van der Waals surface area contributed by atoms with Crippen molar-refractivity contribution in [1.29, 1.82) is 0 Å². The van der Waals surface area contributed by atoms with Crippen molar-refractivity contribution in [3.05, 3.63) is 24.3 Å². The topological polar surface area (TPSA) is 101 Å². The molecule has 0 aliphatic rings. The van der Waals surface area contributed by atoms with Crippen LogP contribution in [0.5, 0.6) is 0 Å². The summed E-state index contributed by atoms with van der Waals surface area (Å²) >= 11 is 0. The third kappa shape index (κ3) is 5.11. The number of amides is 1. The van der Waals surface area contributed by atoms with Crippen molar-refractivity contribution in [3.8, 4) is 0 Å². The van der Waals surface area contributed by atoms with Crippen molar-refractivity contribution in [2.24, 2.45) is 5.73 Å². The van der Waals surface area contributed by atoms with E-state index in [0.29, 0.717) is 6.42 Å². The number of nitrogens with two attached hydrogens (primary N) is 1. The number of hydrogen-bond acceptors (Lipinski definition) is 4. The van der Waals surface area contributed by atoms with Gasteiger partial charge in [0.05, 0.1) is 11.7 Å². The highest BCUT2D eigenvalue weighted by Crippen LogP contribution is 2.20. The normalized spacial score (nSPS) is 12.9. The monoisotopic (exact) mass is 313 g/mol. The van der Waals surface area contributed by atoms with Crippen LogP contribution < -0.4 is 15.8 Å². The molecule has 4 N–H and O–H groups in total. The van der Waals surface area contributed by atoms with Crippen molar-refractivity contribution in [2.45, 2.75) is 44.0 Å². The summed E-state index contributed by atoms with van der Waals surface area (Å²) in [6.07, 6.45) is 2.38. The molecule has 1 atom stereocenters. The number of carbonyl (C=O) groups is 1. The maximum atomic E-state index is 12.1. The van der Waals surface area contributed by atoms with Crippen LogP contribution in [0.25, 0.3) is 0 Å². The molecule has 6 nitrogen and oxygen atoms in total. The summed E-state index contributed by atoms with van der Waals surface area (Å²) in [5.41, 5.74) is 6.04. The first-order valence-corrected chi connectivity index (χ1v) is 8.55. The summed E-state index contributed by atoms with van der Waals surface area (Å²) in [6, 6.07) is 5.63. The summed E-state index contributed by atoms with van der Waals surface area (Å²) in [4.78, 5) is 12.0. The Kier molecular flexibility index (Phi) is 6.80. The summed E-state index contributed by atoms with van der Waals surface area (Å²) < 4.78 is 26.6. The predicted molar refractivity (Wildman–Crippen MR) is 83.4 cm³/mol. The van der Waals surface area contributed by atoms with E-state index in [2.05, 4.69) is 10.0 Å². The van der Waals surface area contributed by atoms with Gasteiger partial charge in [0.1, 0.15) is 4.90 Å². The minimum Gasteiger partial charge on any atom is -0.324 e. The van der Waals surface area contributed by atoms with Gasteiger partial charge in [0, 0.05) is 6.54 Å². The number of anilines is 1. The van der Waals surface area contributed by atoms with Crippen molar-refractivity contribution >= 4 is 21.6 Å². The predicted octanol–water partition coefficient (Wildman–Crippen LogP) is 1.44. The van der Waals surface area contributed by atoms with E-state index in [9.17, 15) is 13.2 Å². The quantitative estimate of drug-likeness (QED) is 0.676. The molecule has 118 valence electrons. The van der Waals surface area contributed by atoms with Crippen LogP contribution in [-0.4, -0.2) is 26.9 Å². The van der Waals surface area contributed by atoms with Crippen LogP contribution in [-0.2, 0) is 14.8 Å². The van der Waals surface area contributed by atoms with Gasteiger partial charge in [-0.3, -0.25) is 4.79 Å². The molecule has 0 spiro atoms. The van der Waals surface area contributed by atoms with Gasteiger partial charge in [0.2, 0.25) is 15.9 Å². The molecule has 21 heavy (non-hydrogen) atoms. The lowest BCUT2D eigenvalue weighted by Crippen LogP contribution is -2.36. The van der Waals surface area contributed by atoms with Gasteiger partial charge < -0.3 is 11.1 Å². The molecule has 0 saturated heterocycles. The molecule has 7 heteroatoms. The largest absolute Gasteiger partial charge is 0.324 e.